The molecule has 16 heavy (non-hydrogen) atoms. The summed E-state index contributed by atoms with van der Waals surface area (Å²) in [7, 11) is 2.90. The van der Waals surface area contributed by atoms with Gasteiger partial charge in [-0.25, -0.2) is 4.39 Å². The Balaban J connectivity index is 2.56. The first-order chi connectivity index (χ1) is 7.69. The number of methoxy groups -OCH3 is 2. The highest BCUT2D eigenvalue weighted by molar-refractivity contribution is 5.94. The molecule has 6 heteroatoms. The van der Waals surface area contributed by atoms with E-state index in [2.05, 4.69) is 10.3 Å². The molecule has 1 amide bonds. The molecule has 0 saturated heterocycles. The van der Waals surface area contributed by atoms with Crippen LogP contribution in [0.2, 0.25) is 0 Å². The molecule has 1 rings (SSSR count). The van der Waals surface area contributed by atoms with Gasteiger partial charge in [0.25, 0.3) is 5.91 Å². The fourth-order valence-corrected chi connectivity index (χ4v) is 1.09. The number of nitrogens with one attached hydrogen (secondary N) is 1. The number of ether oxygens (including phenoxy) is 2. The molecule has 1 heterocycles. The van der Waals surface area contributed by atoms with E-state index in [4.69, 9.17) is 9.47 Å². The lowest BCUT2D eigenvalue weighted by atomic mass is 10.2. The lowest BCUT2D eigenvalue weighted by Gasteiger charge is -2.13. The van der Waals surface area contributed by atoms with Crippen LogP contribution in [0.5, 0.6) is 0 Å². The Labute approximate surface area is 92.6 Å². The van der Waals surface area contributed by atoms with E-state index in [1.54, 1.807) is 0 Å². The van der Waals surface area contributed by atoms with Crippen LogP contribution in [0.4, 0.5) is 4.39 Å². The number of carbonyl (C=O) groups excluding carboxylic acids is 1. The van der Waals surface area contributed by atoms with Crippen LogP contribution in [0.15, 0.2) is 18.5 Å². The summed E-state index contributed by atoms with van der Waals surface area (Å²) in [6, 6.07) is 1.30. The summed E-state index contributed by atoms with van der Waals surface area (Å²) in [5.41, 5.74) is -0.0547. The quantitative estimate of drug-likeness (QED) is 0.748. The summed E-state index contributed by atoms with van der Waals surface area (Å²) >= 11 is 0. The molecule has 0 aliphatic carbocycles. The minimum absolute atomic E-state index is 0.0547. The van der Waals surface area contributed by atoms with E-state index < -0.39 is 18.0 Å². The summed E-state index contributed by atoms with van der Waals surface area (Å²) < 4.78 is 22.9. The second-order valence-electron chi connectivity index (χ2n) is 2.97. The molecule has 0 fully saturated rings. The van der Waals surface area contributed by atoms with Crippen LogP contribution in [0.3, 0.4) is 0 Å². The third kappa shape index (κ3) is 3.25. The fourth-order valence-electron chi connectivity index (χ4n) is 1.09. The first-order valence-corrected chi connectivity index (χ1v) is 4.62. The van der Waals surface area contributed by atoms with Crippen LogP contribution < -0.4 is 5.32 Å². The van der Waals surface area contributed by atoms with Gasteiger partial charge in [-0.15, -0.1) is 0 Å². The number of hydrogen-bond acceptors (Lipinski definition) is 4. The number of halogens is 1. The summed E-state index contributed by atoms with van der Waals surface area (Å²) in [6.45, 7) is 0.146. The zero-order valence-corrected chi connectivity index (χ0v) is 9.07. The Morgan fingerprint density at radius 1 is 1.56 bits per heavy atom. The lowest BCUT2D eigenvalue weighted by molar-refractivity contribution is -0.0974. The standard InChI is InChI=1S/C10H13FN2O3/c1-15-9(16-2)6-13-10(14)7-3-4-12-5-8(7)11/h3-5,9H,6H2,1-2H3,(H,13,14). The molecule has 1 aromatic rings. The molecule has 0 aliphatic rings. The molecule has 1 N–H and O–H groups in total. The van der Waals surface area contributed by atoms with Crippen molar-refractivity contribution in [3.05, 3.63) is 29.8 Å². The first kappa shape index (κ1) is 12.5. The number of hydrogen-bond donors (Lipinski definition) is 1. The van der Waals surface area contributed by atoms with Crippen LogP contribution in [-0.2, 0) is 9.47 Å². The third-order valence-corrected chi connectivity index (χ3v) is 1.97. The molecular weight excluding hydrogens is 215 g/mol. The number of nitrogens with zero attached hydrogens (tertiary/aromatic N) is 1. The average Bonchev–Trinajstić information content (AvgIpc) is 2.30. The van der Waals surface area contributed by atoms with Crippen LogP contribution >= 0.6 is 0 Å². The third-order valence-electron chi connectivity index (χ3n) is 1.97. The predicted molar refractivity (Wildman–Crippen MR) is 54.3 cm³/mol. The Morgan fingerprint density at radius 2 is 2.25 bits per heavy atom. The zero-order chi connectivity index (χ0) is 12.0. The molecule has 0 aliphatic heterocycles. The number of rotatable bonds is 5. The van der Waals surface area contributed by atoms with E-state index in [1.165, 1.54) is 26.5 Å². The maximum Gasteiger partial charge on any atom is 0.254 e. The van der Waals surface area contributed by atoms with Gasteiger partial charge in [-0.3, -0.25) is 9.78 Å². The summed E-state index contributed by atoms with van der Waals surface area (Å²) in [5.74, 6) is -1.19. The summed E-state index contributed by atoms with van der Waals surface area (Å²) in [6.07, 6.45) is 1.79. The van der Waals surface area contributed by atoms with Crippen molar-refractivity contribution < 1.29 is 18.7 Å². The Hall–Kier alpha value is -1.53. The zero-order valence-electron chi connectivity index (χ0n) is 9.07. The van der Waals surface area contributed by atoms with Crippen LogP contribution in [-0.4, -0.2) is 37.9 Å². The molecule has 0 saturated carbocycles. The first-order valence-electron chi connectivity index (χ1n) is 4.62. The molecule has 0 spiro atoms. The van der Waals surface area contributed by atoms with E-state index in [9.17, 15) is 9.18 Å². The largest absolute Gasteiger partial charge is 0.354 e. The minimum Gasteiger partial charge on any atom is -0.354 e. The van der Waals surface area contributed by atoms with E-state index in [1.807, 2.05) is 0 Å². The molecule has 5 nitrogen and oxygen atoms in total. The van der Waals surface area contributed by atoms with Gasteiger partial charge < -0.3 is 14.8 Å². The molecule has 1 aromatic heterocycles. The highest BCUT2D eigenvalue weighted by Gasteiger charge is 2.13. The number of aromatic nitrogens is 1. The molecular formula is C10H13FN2O3. The van der Waals surface area contributed by atoms with Crippen LogP contribution in [0.25, 0.3) is 0 Å². The normalized spacial score (nSPS) is 10.5. The molecule has 88 valence electrons. The lowest BCUT2D eigenvalue weighted by Crippen LogP contribution is -2.34. The molecule has 0 aromatic carbocycles. The van der Waals surface area contributed by atoms with Crippen molar-refractivity contribution in [2.75, 3.05) is 20.8 Å². The van der Waals surface area contributed by atoms with Crippen molar-refractivity contribution in [2.45, 2.75) is 6.29 Å². The maximum atomic E-state index is 13.1. The minimum atomic E-state index is -0.661. The van der Waals surface area contributed by atoms with E-state index >= 15 is 0 Å². The van der Waals surface area contributed by atoms with Gasteiger partial charge in [0.2, 0.25) is 0 Å². The number of amides is 1. The van der Waals surface area contributed by atoms with Crippen molar-refractivity contribution >= 4 is 5.91 Å². The molecule has 0 radical (unpaired) electrons. The maximum absolute atomic E-state index is 13.1. The molecule has 0 unspecified atom stereocenters. The van der Waals surface area contributed by atoms with Crippen LogP contribution in [0, 0.1) is 5.82 Å². The van der Waals surface area contributed by atoms with Gasteiger partial charge in [-0.05, 0) is 6.07 Å². The van der Waals surface area contributed by atoms with E-state index in [0.29, 0.717) is 0 Å². The van der Waals surface area contributed by atoms with Gasteiger partial charge in [0, 0.05) is 20.4 Å². The topological polar surface area (TPSA) is 60.5 Å². The van der Waals surface area contributed by atoms with Gasteiger partial charge in [0.1, 0.15) is 0 Å². The molecule has 0 bridgehead atoms. The second-order valence-corrected chi connectivity index (χ2v) is 2.97. The smallest absolute Gasteiger partial charge is 0.254 e. The highest BCUT2D eigenvalue weighted by Crippen LogP contribution is 2.03. The Kier molecular flexibility index (Phi) is 4.81. The van der Waals surface area contributed by atoms with Gasteiger partial charge in [0.05, 0.1) is 18.3 Å². The predicted octanol–water partition coefficient (Wildman–Crippen LogP) is 0.569. The van der Waals surface area contributed by atoms with Crippen molar-refractivity contribution in [3.63, 3.8) is 0 Å². The summed E-state index contributed by atoms with van der Waals surface area (Å²) in [4.78, 5) is 15.1. The van der Waals surface area contributed by atoms with E-state index in [0.717, 1.165) is 6.20 Å². The second kappa shape index (κ2) is 6.14. The van der Waals surface area contributed by atoms with Gasteiger partial charge in [0.15, 0.2) is 12.1 Å². The van der Waals surface area contributed by atoms with Gasteiger partial charge in [-0.1, -0.05) is 0 Å². The Bertz CT molecular complexity index is 356. The van der Waals surface area contributed by atoms with Gasteiger partial charge >= 0.3 is 0 Å². The average molecular weight is 228 g/mol. The Morgan fingerprint density at radius 3 is 2.81 bits per heavy atom. The monoisotopic (exact) mass is 228 g/mol. The van der Waals surface area contributed by atoms with Crippen molar-refractivity contribution in [3.8, 4) is 0 Å². The summed E-state index contributed by atoms with van der Waals surface area (Å²) in [5, 5.41) is 2.48. The molecule has 0 atom stereocenters. The number of carbonyl (C=O) groups is 1. The van der Waals surface area contributed by atoms with E-state index in [-0.39, 0.29) is 12.1 Å². The highest BCUT2D eigenvalue weighted by atomic mass is 19.1. The van der Waals surface area contributed by atoms with Crippen LogP contribution in [0.1, 0.15) is 10.4 Å². The fraction of sp³-hybridized carbons (Fsp3) is 0.400. The van der Waals surface area contributed by atoms with Crippen molar-refractivity contribution in [2.24, 2.45) is 0 Å². The SMILES string of the molecule is COC(CNC(=O)c1ccncc1F)OC. The van der Waals surface area contributed by atoms with Gasteiger partial charge in [-0.2, -0.15) is 0 Å². The van der Waals surface area contributed by atoms with Crippen molar-refractivity contribution in [1.29, 1.82) is 0 Å². The number of pyridine rings is 1. The van der Waals surface area contributed by atoms with Crippen molar-refractivity contribution in [1.82, 2.24) is 10.3 Å².